The average Bonchev–Trinajstić information content (AvgIpc) is 2.83. The molecule has 1 fully saturated rings. The highest BCUT2D eigenvalue weighted by atomic mass is 19.4. The van der Waals surface area contributed by atoms with Crippen LogP contribution in [0.1, 0.15) is 60.1 Å². The SMILES string of the molecule is O=C(NC1CCCCCC1)c1cc2c(C(F)(F)F)cc(C(F)(F)F)cc2[nH]1. The number of hydrogen-bond acceptors (Lipinski definition) is 1. The number of aromatic amines is 1. The van der Waals surface area contributed by atoms with Crippen molar-refractivity contribution in [3.05, 3.63) is 35.0 Å². The first-order chi connectivity index (χ1) is 12.6. The van der Waals surface area contributed by atoms with Gasteiger partial charge in [0.25, 0.3) is 5.91 Å². The van der Waals surface area contributed by atoms with E-state index in [1.54, 1.807) is 0 Å². The number of nitrogens with one attached hydrogen (secondary N) is 2. The predicted molar refractivity (Wildman–Crippen MR) is 87.3 cm³/mol. The Morgan fingerprint density at radius 3 is 2.11 bits per heavy atom. The minimum Gasteiger partial charge on any atom is -0.351 e. The molecule has 0 bridgehead atoms. The minimum atomic E-state index is -4.98. The van der Waals surface area contributed by atoms with Crippen LogP contribution in [0.25, 0.3) is 10.9 Å². The van der Waals surface area contributed by atoms with Crippen LogP contribution in [0.2, 0.25) is 0 Å². The molecule has 1 aliphatic rings. The summed E-state index contributed by atoms with van der Waals surface area (Å²) >= 11 is 0. The van der Waals surface area contributed by atoms with E-state index in [4.69, 9.17) is 0 Å². The van der Waals surface area contributed by atoms with Gasteiger partial charge in [0.05, 0.1) is 11.1 Å². The molecule has 27 heavy (non-hydrogen) atoms. The summed E-state index contributed by atoms with van der Waals surface area (Å²) in [6.45, 7) is 0. The van der Waals surface area contributed by atoms with E-state index in [0.717, 1.165) is 44.6 Å². The van der Waals surface area contributed by atoms with E-state index < -0.39 is 34.8 Å². The number of amides is 1. The molecule has 148 valence electrons. The molecule has 9 heteroatoms. The summed E-state index contributed by atoms with van der Waals surface area (Å²) in [5.41, 5.74) is -3.39. The summed E-state index contributed by atoms with van der Waals surface area (Å²) in [6, 6.07) is 1.54. The third kappa shape index (κ3) is 4.39. The monoisotopic (exact) mass is 392 g/mol. The number of alkyl halides is 6. The molecule has 1 saturated carbocycles. The first-order valence-corrected chi connectivity index (χ1v) is 8.68. The third-order valence-electron chi connectivity index (χ3n) is 4.81. The Morgan fingerprint density at radius 1 is 0.926 bits per heavy atom. The number of rotatable bonds is 2. The molecule has 3 nitrogen and oxygen atoms in total. The Labute approximate surface area is 151 Å². The van der Waals surface area contributed by atoms with Crippen molar-refractivity contribution in [2.75, 3.05) is 0 Å². The standard InChI is InChI=1S/C18H18F6N2O/c19-17(20,21)10-7-13(18(22,23)24)12-9-15(26-14(12)8-10)16(27)25-11-5-3-1-2-4-6-11/h7-9,11,26H,1-6H2,(H,25,27). The largest absolute Gasteiger partial charge is 0.417 e. The Bertz CT molecular complexity index is 829. The fourth-order valence-corrected chi connectivity index (χ4v) is 3.45. The van der Waals surface area contributed by atoms with Crippen molar-refractivity contribution >= 4 is 16.8 Å². The van der Waals surface area contributed by atoms with Gasteiger partial charge in [-0.25, -0.2) is 0 Å². The zero-order chi connectivity index (χ0) is 19.8. The van der Waals surface area contributed by atoms with E-state index in [1.807, 2.05) is 0 Å². The van der Waals surface area contributed by atoms with E-state index in [1.165, 1.54) is 0 Å². The molecule has 0 saturated heterocycles. The molecule has 1 aromatic carbocycles. The highest BCUT2D eigenvalue weighted by Crippen LogP contribution is 2.40. The Kier molecular flexibility index (Phi) is 5.14. The van der Waals surface area contributed by atoms with Crippen molar-refractivity contribution in [1.29, 1.82) is 0 Å². The Hall–Kier alpha value is -2.19. The second kappa shape index (κ2) is 7.09. The van der Waals surface area contributed by atoms with E-state index in [9.17, 15) is 31.1 Å². The molecule has 2 aromatic rings. The topological polar surface area (TPSA) is 44.9 Å². The highest BCUT2D eigenvalue weighted by molar-refractivity contribution is 5.99. The quantitative estimate of drug-likeness (QED) is 0.503. The van der Waals surface area contributed by atoms with Gasteiger partial charge < -0.3 is 10.3 Å². The zero-order valence-corrected chi connectivity index (χ0v) is 14.2. The molecular weight excluding hydrogens is 374 g/mol. The number of aromatic nitrogens is 1. The fraction of sp³-hybridized carbons (Fsp3) is 0.500. The molecule has 3 rings (SSSR count). The predicted octanol–water partition coefficient (Wildman–Crippen LogP) is 5.66. The van der Waals surface area contributed by atoms with Gasteiger partial charge in [-0.05, 0) is 31.0 Å². The van der Waals surface area contributed by atoms with E-state index in [0.29, 0.717) is 6.07 Å². The maximum atomic E-state index is 13.2. The molecule has 0 radical (unpaired) electrons. The number of carbonyl (C=O) groups excluding carboxylic acids is 1. The van der Waals surface area contributed by atoms with Crippen molar-refractivity contribution in [1.82, 2.24) is 10.3 Å². The van der Waals surface area contributed by atoms with Crippen molar-refractivity contribution in [2.24, 2.45) is 0 Å². The van der Waals surface area contributed by atoms with E-state index in [-0.39, 0.29) is 23.3 Å². The van der Waals surface area contributed by atoms with Crippen LogP contribution >= 0.6 is 0 Å². The van der Waals surface area contributed by atoms with Gasteiger partial charge in [0.1, 0.15) is 5.69 Å². The average molecular weight is 392 g/mol. The molecular formula is C18H18F6N2O. The number of benzene rings is 1. The lowest BCUT2D eigenvalue weighted by molar-refractivity contribution is -0.142. The number of carbonyl (C=O) groups is 1. The van der Waals surface area contributed by atoms with E-state index in [2.05, 4.69) is 10.3 Å². The summed E-state index contributed by atoms with van der Waals surface area (Å²) in [4.78, 5) is 14.8. The minimum absolute atomic E-state index is 0.0726. The first kappa shape index (κ1) is 19.6. The van der Waals surface area contributed by atoms with Crippen LogP contribution in [0.15, 0.2) is 18.2 Å². The summed E-state index contributed by atoms with van der Waals surface area (Å²) in [7, 11) is 0. The number of halogens is 6. The van der Waals surface area contributed by atoms with Crippen LogP contribution in [0, 0.1) is 0 Å². The Morgan fingerprint density at radius 2 is 1.56 bits per heavy atom. The normalized spacial score (nSPS) is 17.1. The van der Waals surface area contributed by atoms with Gasteiger partial charge in [0.2, 0.25) is 0 Å². The molecule has 2 N–H and O–H groups in total. The summed E-state index contributed by atoms with van der Waals surface area (Å²) in [5.74, 6) is -0.611. The second-order valence-corrected chi connectivity index (χ2v) is 6.83. The Balaban J connectivity index is 1.97. The lowest BCUT2D eigenvalue weighted by atomic mass is 10.0. The maximum Gasteiger partial charge on any atom is 0.417 e. The van der Waals surface area contributed by atoms with Crippen molar-refractivity contribution < 1.29 is 31.1 Å². The van der Waals surface area contributed by atoms with Crippen LogP contribution in [0.4, 0.5) is 26.3 Å². The lowest BCUT2D eigenvalue weighted by Crippen LogP contribution is -2.34. The third-order valence-corrected chi connectivity index (χ3v) is 4.81. The number of fused-ring (bicyclic) bond motifs is 1. The van der Waals surface area contributed by atoms with Gasteiger partial charge in [-0.15, -0.1) is 0 Å². The lowest BCUT2D eigenvalue weighted by Gasteiger charge is -2.15. The molecule has 0 atom stereocenters. The first-order valence-electron chi connectivity index (χ1n) is 8.68. The summed E-state index contributed by atoms with van der Waals surface area (Å²) < 4.78 is 78.5. The van der Waals surface area contributed by atoms with Gasteiger partial charge >= 0.3 is 12.4 Å². The van der Waals surface area contributed by atoms with Crippen LogP contribution in [-0.2, 0) is 12.4 Å². The fourth-order valence-electron chi connectivity index (χ4n) is 3.45. The number of H-pyrrole nitrogens is 1. The molecule has 0 unspecified atom stereocenters. The van der Waals surface area contributed by atoms with Crippen molar-refractivity contribution in [3.63, 3.8) is 0 Å². The van der Waals surface area contributed by atoms with Crippen LogP contribution in [0.3, 0.4) is 0 Å². The van der Waals surface area contributed by atoms with Crippen molar-refractivity contribution in [2.45, 2.75) is 56.9 Å². The summed E-state index contributed by atoms with van der Waals surface area (Å²) in [5, 5.41) is 2.31. The van der Waals surface area contributed by atoms with Crippen LogP contribution in [-0.4, -0.2) is 16.9 Å². The maximum absolute atomic E-state index is 13.2. The van der Waals surface area contributed by atoms with Gasteiger partial charge in [-0.3, -0.25) is 4.79 Å². The van der Waals surface area contributed by atoms with Gasteiger partial charge in [-0.1, -0.05) is 25.7 Å². The molecule has 0 aliphatic heterocycles. The molecule has 1 amide bonds. The highest BCUT2D eigenvalue weighted by Gasteiger charge is 2.38. The number of hydrogen-bond donors (Lipinski definition) is 2. The van der Waals surface area contributed by atoms with Gasteiger partial charge in [0.15, 0.2) is 0 Å². The molecule has 1 heterocycles. The van der Waals surface area contributed by atoms with Crippen LogP contribution < -0.4 is 5.32 Å². The van der Waals surface area contributed by atoms with Gasteiger partial charge in [-0.2, -0.15) is 26.3 Å². The van der Waals surface area contributed by atoms with E-state index >= 15 is 0 Å². The summed E-state index contributed by atoms with van der Waals surface area (Å²) in [6.07, 6.45) is -4.33. The van der Waals surface area contributed by atoms with Crippen molar-refractivity contribution in [3.8, 4) is 0 Å². The molecule has 1 aromatic heterocycles. The smallest absolute Gasteiger partial charge is 0.351 e. The second-order valence-electron chi connectivity index (χ2n) is 6.83. The molecule has 0 spiro atoms. The van der Waals surface area contributed by atoms with Gasteiger partial charge in [0, 0.05) is 16.9 Å². The van der Waals surface area contributed by atoms with Crippen LogP contribution in [0.5, 0.6) is 0 Å². The zero-order valence-electron chi connectivity index (χ0n) is 14.2. The molecule has 1 aliphatic carbocycles.